The van der Waals surface area contributed by atoms with E-state index in [4.69, 9.17) is 16.1 Å². The molecular formula is C10H15N5O. The van der Waals surface area contributed by atoms with Crippen LogP contribution in [-0.2, 0) is 6.54 Å². The molecule has 0 spiro atoms. The molecule has 0 aliphatic heterocycles. The summed E-state index contributed by atoms with van der Waals surface area (Å²) in [5.41, 5.74) is 5.79. The van der Waals surface area contributed by atoms with Gasteiger partial charge in [0.2, 0.25) is 0 Å². The number of hydrogen-bond donors (Lipinski definition) is 2. The Bertz CT molecular complexity index is 390. The first kappa shape index (κ1) is 12.2. The van der Waals surface area contributed by atoms with Gasteiger partial charge in [-0.2, -0.15) is 5.26 Å². The van der Waals surface area contributed by atoms with Crippen LogP contribution in [0, 0.1) is 11.3 Å². The van der Waals surface area contributed by atoms with E-state index < -0.39 is 0 Å². The van der Waals surface area contributed by atoms with E-state index in [1.807, 2.05) is 0 Å². The van der Waals surface area contributed by atoms with Gasteiger partial charge in [-0.15, -0.1) is 0 Å². The summed E-state index contributed by atoms with van der Waals surface area (Å²) in [6.45, 7) is 0.970. The molecule has 0 fully saturated rings. The fourth-order valence-electron chi connectivity index (χ4n) is 1.32. The van der Waals surface area contributed by atoms with Gasteiger partial charge in [0.25, 0.3) is 0 Å². The number of aliphatic imine (C=N–C) groups is 1. The SMILES string of the molecule is N#C/C=N/c1ncn(CCCCCO)c1N. The summed E-state index contributed by atoms with van der Waals surface area (Å²) in [6.07, 6.45) is 5.40. The second kappa shape index (κ2) is 6.58. The van der Waals surface area contributed by atoms with Gasteiger partial charge in [0, 0.05) is 13.2 Å². The molecule has 0 aliphatic carbocycles. The molecule has 0 aromatic carbocycles. The van der Waals surface area contributed by atoms with Gasteiger partial charge in [-0.05, 0) is 19.3 Å². The number of hydrogen-bond acceptors (Lipinski definition) is 5. The van der Waals surface area contributed by atoms with Crippen molar-refractivity contribution in [1.82, 2.24) is 9.55 Å². The molecule has 0 atom stereocenters. The standard InChI is InChI=1S/C10H15N5O/c11-4-5-13-10-9(12)15(8-14-10)6-2-1-3-7-16/h5,8,16H,1-3,6-7,12H2/b13-5+. The van der Waals surface area contributed by atoms with Crippen LogP contribution in [-0.4, -0.2) is 27.5 Å². The molecule has 0 saturated heterocycles. The van der Waals surface area contributed by atoms with Gasteiger partial charge in [0.1, 0.15) is 12.3 Å². The highest BCUT2D eigenvalue weighted by Crippen LogP contribution is 2.19. The zero-order chi connectivity index (χ0) is 11.8. The molecule has 0 radical (unpaired) electrons. The number of rotatable bonds is 6. The molecule has 86 valence electrons. The van der Waals surface area contributed by atoms with Crippen LogP contribution in [0.25, 0.3) is 0 Å². The van der Waals surface area contributed by atoms with Crippen LogP contribution in [0.1, 0.15) is 19.3 Å². The molecule has 3 N–H and O–H groups in total. The normalized spacial score (nSPS) is 10.8. The quantitative estimate of drug-likeness (QED) is 0.549. The summed E-state index contributed by atoms with van der Waals surface area (Å²) in [5, 5.41) is 17.0. The Morgan fingerprint density at radius 2 is 2.38 bits per heavy atom. The van der Waals surface area contributed by atoms with E-state index in [1.165, 1.54) is 0 Å². The maximum absolute atomic E-state index is 8.63. The Labute approximate surface area is 94.0 Å². The van der Waals surface area contributed by atoms with Crippen LogP contribution in [0.2, 0.25) is 0 Å². The average molecular weight is 221 g/mol. The minimum Gasteiger partial charge on any atom is -0.396 e. The molecule has 1 aromatic rings. The van der Waals surface area contributed by atoms with Crippen LogP contribution in [0.3, 0.4) is 0 Å². The third-order valence-electron chi connectivity index (χ3n) is 2.16. The van der Waals surface area contributed by atoms with Gasteiger partial charge in [-0.25, -0.2) is 9.98 Å². The minimum atomic E-state index is 0.219. The molecule has 0 amide bonds. The Morgan fingerprint density at radius 3 is 3.06 bits per heavy atom. The second-order valence-electron chi connectivity index (χ2n) is 3.32. The molecule has 1 rings (SSSR count). The molecule has 16 heavy (non-hydrogen) atoms. The Hall–Kier alpha value is -1.87. The summed E-state index contributed by atoms with van der Waals surface area (Å²) in [5.74, 6) is 0.846. The van der Waals surface area contributed by atoms with Crippen molar-refractivity contribution in [3.63, 3.8) is 0 Å². The zero-order valence-corrected chi connectivity index (χ0v) is 9.00. The maximum atomic E-state index is 8.63. The van der Waals surface area contributed by atoms with E-state index >= 15 is 0 Å². The number of nitrogen functional groups attached to an aromatic ring is 1. The Kier molecular flexibility index (Phi) is 5.02. The van der Waals surface area contributed by atoms with E-state index in [0.717, 1.165) is 32.0 Å². The lowest BCUT2D eigenvalue weighted by Gasteiger charge is -2.03. The molecule has 0 bridgehead atoms. The van der Waals surface area contributed by atoms with Crippen LogP contribution in [0.15, 0.2) is 11.3 Å². The lowest BCUT2D eigenvalue weighted by atomic mass is 10.2. The van der Waals surface area contributed by atoms with Crippen LogP contribution >= 0.6 is 0 Å². The summed E-state index contributed by atoms with van der Waals surface area (Å²) < 4.78 is 1.79. The highest BCUT2D eigenvalue weighted by Gasteiger charge is 2.04. The van der Waals surface area contributed by atoms with Crippen molar-refractivity contribution in [2.24, 2.45) is 4.99 Å². The van der Waals surface area contributed by atoms with Crippen molar-refractivity contribution >= 4 is 17.9 Å². The first-order chi connectivity index (χ1) is 7.79. The number of unbranched alkanes of at least 4 members (excludes halogenated alkanes) is 2. The number of aliphatic hydroxyl groups excluding tert-OH is 1. The number of imidazole rings is 1. The number of aliphatic hydroxyl groups is 1. The van der Waals surface area contributed by atoms with Crippen molar-refractivity contribution in [2.45, 2.75) is 25.8 Å². The number of aryl methyl sites for hydroxylation is 1. The summed E-state index contributed by atoms with van der Waals surface area (Å²) in [7, 11) is 0. The molecule has 6 nitrogen and oxygen atoms in total. The summed E-state index contributed by atoms with van der Waals surface area (Å²) in [6, 6.07) is 1.79. The van der Waals surface area contributed by atoms with Crippen LogP contribution < -0.4 is 5.73 Å². The van der Waals surface area contributed by atoms with Crippen molar-refractivity contribution in [1.29, 1.82) is 5.26 Å². The first-order valence-electron chi connectivity index (χ1n) is 5.13. The minimum absolute atomic E-state index is 0.219. The third kappa shape index (κ3) is 3.37. The molecule has 0 unspecified atom stereocenters. The molecule has 0 aliphatic rings. The average Bonchev–Trinajstić information content (AvgIpc) is 2.64. The topological polar surface area (TPSA) is 100 Å². The van der Waals surface area contributed by atoms with Gasteiger partial charge < -0.3 is 15.4 Å². The number of nitrogens with two attached hydrogens (primary N) is 1. The van der Waals surface area contributed by atoms with Gasteiger partial charge in [0.15, 0.2) is 11.6 Å². The monoisotopic (exact) mass is 221 g/mol. The Morgan fingerprint density at radius 1 is 1.56 bits per heavy atom. The molecule has 0 saturated carbocycles. The molecule has 1 aromatic heterocycles. The Balaban J connectivity index is 2.52. The van der Waals surface area contributed by atoms with E-state index in [1.54, 1.807) is 17.0 Å². The zero-order valence-electron chi connectivity index (χ0n) is 9.00. The molecule has 1 heterocycles. The predicted molar refractivity (Wildman–Crippen MR) is 61.3 cm³/mol. The van der Waals surface area contributed by atoms with E-state index in [0.29, 0.717) is 11.6 Å². The predicted octanol–water partition coefficient (Wildman–Crippen LogP) is 0.854. The molecular weight excluding hydrogens is 206 g/mol. The highest BCUT2D eigenvalue weighted by molar-refractivity contribution is 5.78. The second-order valence-corrected chi connectivity index (χ2v) is 3.32. The van der Waals surface area contributed by atoms with Crippen molar-refractivity contribution in [3.8, 4) is 6.07 Å². The highest BCUT2D eigenvalue weighted by atomic mass is 16.2. The summed E-state index contributed by atoms with van der Waals surface area (Å²) >= 11 is 0. The number of nitrogens with zero attached hydrogens (tertiary/aromatic N) is 4. The van der Waals surface area contributed by atoms with Crippen LogP contribution in [0.4, 0.5) is 11.6 Å². The van der Waals surface area contributed by atoms with E-state index in [9.17, 15) is 0 Å². The van der Waals surface area contributed by atoms with Gasteiger partial charge in [-0.3, -0.25) is 0 Å². The largest absolute Gasteiger partial charge is 0.396 e. The van der Waals surface area contributed by atoms with E-state index in [-0.39, 0.29) is 6.61 Å². The van der Waals surface area contributed by atoms with Crippen molar-refractivity contribution in [2.75, 3.05) is 12.3 Å². The maximum Gasteiger partial charge on any atom is 0.195 e. The molecule has 6 heteroatoms. The van der Waals surface area contributed by atoms with E-state index in [2.05, 4.69) is 9.98 Å². The smallest absolute Gasteiger partial charge is 0.195 e. The first-order valence-corrected chi connectivity index (χ1v) is 5.13. The van der Waals surface area contributed by atoms with Crippen LogP contribution in [0.5, 0.6) is 0 Å². The fraction of sp³-hybridized carbons (Fsp3) is 0.500. The fourth-order valence-corrected chi connectivity index (χ4v) is 1.32. The van der Waals surface area contributed by atoms with Gasteiger partial charge >= 0.3 is 0 Å². The van der Waals surface area contributed by atoms with Crippen molar-refractivity contribution < 1.29 is 5.11 Å². The van der Waals surface area contributed by atoms with Gasteiger partial charge in [0.05, 0.1) is 6.33 Å². The number of aromatic nitrogens is 2. The van der Waals surface area contributed by atoms with Gasteiger partial charge in [-0.1, -0.05) is 0 Å². The number of anilines is 1. The lowest BCUT2D eigenvalue weighted by Crippen LogP contribution is -2.01. The lowest BCUT2D eigenvalue weighted by molar-refractivity contribution is 0.282. The summed E-state index contributed by atoms with van der Waals surface area (Å²) in [4.78, 5) is 7.80. The van der Waals surface area contributed by atoms with Crippen molar-refractivity contribution in [3.05, 3.63) is 6.33 Å². The number of nitriles is 1. The third-order valence-corrected chi connectivity index (χ3v) is 2.16.